The summed E-state index contributed by atoms with van der Waals surface area (Å²) in [7, 11) is 0. The number of hydrogen-bond acceptors (Lipinski definition) is 6. The molecular weight excluding hydrogens is 338 g/mol. The second-order valence-electron chi connectivity index (χ2n) is 4.47. The van der Waals surface area contributed by atoms with Crippen molar-refractivity contribution in [1.29, 1.82) is 0 Å². The van der Waals surface area contributed by atoms with E-state index in [1.807, 2.05) is 6.07 Å². The molecule has 0 radical (unpaired) electrons. The van der Waals surface area contributed by atoms with E-state index in [2.05, 4.69) is 9.98 Å². The van der Waals surface area contributed by atoms with Crippen LogP contribution in [-0.4, -0.2) is 27.8 Å². The van der Waals surface area contributed by atoms with Crippen molar-refractivity contribution >= 4 is 28.4 Å². The second kappa shape index (κ2) is 8.50. The Hall–Kier alpha value is -2.12. The van der Waals surface area contributed by atoms with Gasteiger partial charge in [0.15, 0.2) is 0 Å². The Bertz CT molecular complexity index is 690. The minimum Gasteiger partial charge on any atom is -0.439 e. The highest BCUT2D eigenvalue weighted by atomic mass is 35.5. The molecule has 2 aromatic rings. The molecule has 0 saturated carbocycles. The topological polar surface area (TPSA) is 77.6 Å². The normalized spacial score (nSPS) is 11.3. The number of aliphatic imine (C=N–C) groups is 1. The van der Waals surface area contributed by atoms with Gasteiger partial charge in [-0.1, -0.05) is 17.7 Å². The van der Waals surface area contributed by atoms with E-state index in [1.54, 1.807) is 42.8 Å². The first-order valence-electron chi connectivity index (χ1n) is 6.64. The van der Waals surface area contributed by atoms with Gasteiger partial charge in [-0.2, -0.15) is 0 Å². The Kier molecular flexibility index (Phi) is 6.37. The van der Waals surface area contributed by atoms with Crippen molar-refractivity contribution in [2.75, 3.05) is 12.8 Å². The molecule has 120 valence electrons. The highest BCUT2D eigenvalue weighted by Crippen LogP contribution is 2.21. The van der Waals surface area contributed by atoms with Crippen molar-refractivity contribution in [3.05, 3.63) is 63.3 Å². The van der Waals surface area contributed by atoms with Gasteiger partial charge in [0.05, 0.1) is 6.54 Å². The zero-order valence-electron chi connectivity index (χ0n) is 12.3. The van der Waals surface area contributed by atoms with Crippen LogP contribution in [0.4, 0.5) is 0 Å². The van der Waals surface area contributed by atoms with Crippen LogP contribution in [0.25, 0.3) is 0 Å². The number of aromatic nitrogens is 1. The van der Waals surface area contributed by atoms with Gasteiger partial charge in [0.1, 0.15) is 10.8 Å². The molecule has 1 aromatic heterocycles. The van der Waals surface area contributed by atoms with E-state index >= 15 is 0 Å². The number of thioether (sulfide) groups is 1. The molecule has 0 bridgehead atoms. The number of halogens is 1. The summed E-state index contributed by atoms with van der Waals surface area (Å²) in [6.45, 7) is 0.0879. The lowest BCUT2D eigenvalue weighted by Gasteiger charge is -2.05. The van der Waals surface area contributed by atoms with Crippen molar-refractivity contribution in [2.45, 2.75) is 6.54 Å². The van der Waals surface area contributed by atoms with Crippen LogP contribution in [0.1, 0.15) is 5.56 Å². The lowest BCUT2D eigenvalue weighted by molar-refractivity contribution is -0.462. The summed E-state index contributed by atoms with van der Waals surface area (Å²) < 4.78 is 5.59. The third kappa shape index (κ3) is 5.88. The number of benzene rings is 1. The summed E-state index contributed by atoms with van der Waals surface area (Å²) in [5, 5.41) is 11.6. The van der Waals surface area contributed by atoms with Crippen LogP contribution in [0.5, 0.6) is 11.6 Å². The molecule has 0 aliphatic rings. The Morgan fingerprint density at radius 1 is 1.35 bits per heavy atom. The van der Waals surface area contributed by atoms with Gasteiger partial charge in [-0.05, 0) is 36.1 Å². The van der Waals surface area contributed by atoms with E-state index < -0.39 is 4.92 Å². The molecule has 2 rings (SSSR count). The summed E-state index contributed by atoms with van der Waals surface area (Å²) >= 11 is 7.09. The first-order valence-corrected chi connectivity index (χ1v) is 8.24. The number of pyridine rings is 1. The number of nitro groups is 1. The number of rotatable bonds is 6. The van der Waals surface area contributed by atoms with Gasteiger partial charge in [-0.15, -0.1) is 11.8 Å². The molecule has 6 nitrogen and oxygen atoms in total. The molecule has 0 N–H and O–H groups in total. The van der Waals surface area contributed by atoms with Crippen LogP contribution in [0.15, 0.2) is 47.6 Å². The van der Waals surface area contributed by atoms with Gasteiger partial charge in [0.25, 0.3) is 6.54 Å². The van der Waals surface area contributed by atoms with E-state index in [0.29, 0.717) is 28.2 Å². The molecule has 0 amide bonds. The van der Waals surface area contributed by atoms with Gasteiger partial charge >= 0.3 is 0 Å². The van der Waals surface area contributed by atoms with Crippen molar-refractivity contribution in [2.24, 2.45) is 4.99 Å². The minimum atomic E-state index is -0.392. The first-order chi connectivity index (χ1) is 11.1. The first kappa shape index (κ1) is 17.2. The zero-order chi connectivity index (χ0) is 16.7. The van der Waals surface area contributed by atoms with Gasteiger partial charge in [0, 0.05) is 22.2 Å². The van der Waals surface area contributed by atoms with Gasteiger partial charge < -0.3 is 4.74 Å². The van der Waals surface area contributed by atoms with E-state index in [-0.39, 0.29) is 6.54 Å². The van der Waals surface area contributed by atoms with Crippen LogP contribution in [0, 0.1) is 10.1 Å². The molecular formula is C15H14ClN3O3S. The average Bonchev–Trinajstić information content (AvgIpc) is 2.54. The van der Waals surface area contributed by atoms with Gasteiger partial charge in [-0.3, -0.25) is 15.1 Å². The van der Waals surface area contributed by atoms with Crippen LogP contribution >= 0.6 is 23.4 Å². The molecule has 0 spiro atoms. The average molecular weight is 352 g/mol. The molecule has 0 fully saturated rings. The highest BCUT2D eigenvalue weighted by Gasteiger charge is 2.06. The fourth-order valence-electron chi connectivity index (χ4n) is 1.66. The molecule has 23 heavy (non-hydrogen) atoms. The van der Waals surface area contributed by atoms with Crippen molar-refractivity contribution in [3.8, 4) is 11.6 Å². The second-order valence-corrected chi connectivity index (χ2v) is 5.78. The predicted octanol–water partition coefficient (Wildman–Crippen LogP) is 4.07. The van der Waals surface area contributed by atoms with E-state index in [9.17, 15) is 10.1 Å². The standard InChI is InChI=1S/C15H14ClN3O3S/c1-23-15(10-19(20)21)18-9-11-2-7-14(17-8-11)22-13-5-3-12(16)4-6-13/h2-8H,9-10H2,1H3. The van der Waals surface area contributed by atoms with Crippen LogP contribution in [0.3, 0.4) is 0 Å². The van der Waals surface area contributed by atoms with Gasteiger partial charge in [0.2, 0.25) is 5.88 Å². The SMILES string of the molecule is CSC(C[N+](=O)[O-])=NCc1ccc(Oc2ccc(Cl)cc2)nc1. The smallest absolute Gasteiger partial charge is 0.251 e. The summed E-state index contributed by atoms with van der Waals surface area (Å²) in [5.41, 5.74) is 0.850. The van der Waals surface area contributed by atoms with Gasteiger partial charge in [-0.25, -0.2) is 4.98 Å². The molecule has 0 saturated heterocycles. The zero-order valence-corrected chi connectivity index (χ0v) is 13.9. The summed E-state index contributed by atoms with van der Waals surface area (Å²) in [5.74, 6) is 1.10. The molecule has 1 aromatic carbocycles. The third-order valence-corrected chi connectivity index (χ3v) is 3.75. The maximum atomic E-state index is 10.5. The Morgan fingerprint density at radius 2 is 2.09 bits per heavy atom. The molecule has 0 atom stereocenters. The molecule has 0 aliphatic heterocycles. The van der Waals surface area contributed by atoms with E-state index in [0.717, 1.165) is 5.56 Å². The molecule has 0 aliphatic carbocycles. The maximum absolute atomic E-state index is 10.5. The van der Waals surface area contributed by atoms with Crippen molar-refractivity contribution in [3.63, 3.8) is 0 Å². The predicted molar refractivity (Wildman–Crippen MR) is 92.3 cm³/mol. The lowest BCUT2D eigenvalue weighted by atomic mass is 10.3. The molecule has 0 unspecified atom stereocenters. The molecule has 8 heteroatoms. The number of ether oxygens (including phenoxy) is 1. The fraction of sp³-hybridized carbons (Fsp3) is 0.200. The van der Waals surface area contributed by atoms with E-state index in [1.165, 1.54) is 11.8 Å². The Balaban J connectivity index is 1.97. The van der Waals surface area contributed by atoms with Crippen LogP contribution < -0.4 is 4.74 Å². The Labute approximate surface area is 142 Å². The van der Waals surface area contributed by atoms with Crippen LogP contribution in [-0.2, 0) is 6.54 Å². The number of nitrogens with zero attached hydrogens (tertiary/aromatic N) is 3. The Morgan fingerprint density at radius 3 is 2.65 bits per heavy atom. The fourth-order valence-corrected chi connectivity index (χ4v) is 2.21. The van der Waals surface area contributed by atoms with Crippen LogP contribution in [0.2, 0.25) is 5.02 Å². The molecule has 1 heterocycles. The van der Waals surface area contributed by atoms with Crippen molar-refractivity contribution < 1.29 is 9.66 Å². The quantitative estimate of drug-likeness (QED) is 0.339. The highest BCUT2D eigenvalue weighted by molar-refractivity contribution is 8.13. The third-order valence-electron chi connectivity index (χ3n) is 2.77. The summed E-state index contributed by atoms with van der Waals surface area (Å²) in [6, 6.07) is 10.5. The summed E-state index contributed by atoms with van der Waals surface area (Å²) in [6.07, 6.45) is 3.41. The largest absolute Gasteiger partial charge is 0.439 e. The van der Waals surface area contributed by atoms with Crippen molar-refractivity contribution in [1.82, 2.24) is 4.98 Å². The minimum absolute atomic E-state index is 0.258. The summed E-state index contributed by atoms with van der Waals surface area (Å²) in [4.78, 5) is 18.5. The monoisotopic (exact) mass is 351 g/mol. The van der Waals surface area contributed by atoms with E-state index in [4.69, 9.17) is 16.3 Å². The lowest BCUT2D eigenvalue weighted by Crippen LogP contribution is -2.10. The maximum Gasteiger partial charge on any atom is 0.251 e. The number of hydrogen-bond donors (Lipinski definition) is 0.